The molecule has 2 N–H and O–H groups in total. The van der Waals surface area contributed by atoms with E-state index in [9.17, 15) is 40.3 Å². The van der Waals surface area contributed by atoms with Crippen molar-refractivity contribution in [3.63, 3.8) is 0 Å². The maximum atomic E-state index is 14.4. The lowest BCUT2D eigenvalue weighted by molar-refractivity contribution is -0.351. The summed E-state index contributed by atoms with van der Waals surface area (Å²) in [7, 11) is 0. The smallest absolute Gasteiger partial charge is 0.349 e. The summed E-state index contributed by atoms with van der Waals surface area (Å²) >= 11 is 20.2. The molecule has 252 valence electrons. The van der Waals surface area contributed by atoms with Crippen LogP contribution >= 0.6 is 46.6 Å². The Morgan fingerprint density at radius 1 is 0.979 bits per heavy atom. The first-order valence-corrected chi connectivity index (χ1v) is 15.3. The van der Waals surface area contributed by atoms with Crippen LogP contribution in [0.25, 0.3) is 5.82 Å². The lowest BCUT2D eigenvalue weighted by atomic mass is 10.1. The zero-order chi connectivity index (χ0) is 34.9. The molecule has 1 atom stereocenters. The summed E-state index contributed by atoms with van der Waals surface area (Å²) in [5.74, 6) is -3.46. The Morgan fingerprint density at radius 3 is 2.28 bits per heavy atom. The van der Waals surface area contributed by atoms with Crippen molar-refractivity contribution >= 4 is 64.1 Å². The Morgan fingerprint density at radius 2 is 1.66 bits per heavy atom. The highest BCUT2D eigenvalue weighted by atomic mass is 35.5. The van der Waals surface area contributed by atoms with Crippen molar-refractivity contribution in [3.8, 4) is 5.82 Å². The average molecular weight is 749 g/mol. The second-order valence-corrected chi connectivity index (χ2v) is 11.8. The van der Waals surface area contributed by atoms with E-state index in [1.54, 1.807) is 6.92 Å². The number of nitrogens with zero attached hydrogens (tertiary/aromatic N) is 7. The molecule has 0 saturated heterocycles. The van der Waals surface area contributed by atoms with E-state index >= 15 is 0 Å². The van der Waals surface area contributed by atoms with Gasteiger partial charge < -0.3 is 10.6 Å². The molecule has 2 amide bonds. The fourth-order valence-electron chi connectivity index (χ4n) is 4.02. The highest BCUT2D eigenvalue weighted by molar-refractivity contribution is 7.98. The number of hydrogen-bond acceptors (Lipinski definition) is 8. The van der Waals surface area contributed by atoms with Crippen LogP contribution in [-0.2, 0) is 12.2 Å². The molecule has 0 unspecified atom stereocenters. The number of tetrazole rings is 1. The van der Waals surface area contributed by atoms with E-state index in [1.165, 1.54) is 42.2 Å². The third-order valence-corrected chi connectivity index (χ3v) is 7.75. The van der Waals surface area contributed by atoms with E-state index in [0.29, 0.717) is 5.75 Å². The summed E-state index contributed by atoms with van der Waals surface area (Å²) in [5, 5.41) is 18.0. The van der Waals surface area contributed by atoms with Gasteiger partial charge in [0, 0.05) is 23.0 Å². The van der Waals surface area contributed by atoms with Crippen LogP contribution in [0.4, 0.5) is 36.4 Å². The monoisotopic (exact) mass is 747 g/mol. The highest BCUT2D eigenvalue weighted by Crippen LogP contribution is 2.51. The number of amides is 2. The number of halogens is 10. The normalized spacial score (nSPS) is 13.0. The first-order valence-electron chi connectivity index (χ1n) is 12.8. The Kier molecular flexibility index (Phi) is 10.6. The van der Waals surface area contributed by atoms with Crippen molar-refractivity contribution in [2.24, 2.45) is 0 Å². The molecule has 3 heterocycles. The highest BCUT2D eigenvalue weighted by Gasteiger charge is 2.76. The molecule has 22 heteroatoms. The Bertz CT molecular complexity index is 1790. The summed E-state index contributed by atoms with van der Waals surface area (Å²) in [4.78, 5) is 31.0. The van der Waals surface area contributed by atoms with Crippen LogP contribution in [0.2, 0.25) is 15.1 Å². The second kappa shape index (κ2) is 13.8. The quantitative estimate of drug-likeness (QED) is 0.181. The minimum Gasteiger partial charge on any atom is -0.349 e. The van der Waals surface area contributed by atoms with E-state index in [0.717, 1.165) is 10.7 Å². The number of rotatable bonds is 10. The Hall–Kier alpha value is -3.68. The molecule has 11 nitrogen and oxygen atoms in total. The van der Waals surface area contributed by atoms with Crippen molar-refractivity contribution in [3.05, 3.63) is 74.4 Å². The molecule has 0 spiro atoms. The van der Waals surface area contributed by atoms with E-state index in [4.69, 9.17) is 34.8 Å². The number of pyridine rings is 1. The number of nitrogens with one attached hydrogen (secondary N) is 2. The van der Waals surface area contributed by atoms with Crippen LogP contribution in [0.1, 0.15) is 39.3 Å². The molecule has 0 saturated carbocycles. The predicted octanol–water partition coefficient (Wildman–Crippen LogP) is 6.29. The van der Waals surface area contributed by atoms with Gasteiger partial charge in [0.1, 0.15) is 12.2 Å². The number of alkyl halides is 7. The lowest BCUT2D eigenvalue weighted by Gasteiger charge is -2.26. The van der Waals surface area contributed by atoms with Gasteiger partial charge in [0.2, 0.25) is 5.82 Å². The number of carbonyl (C=O) groups excluding carboxylic acids is 2. The standard InChI is InChI=1S/C25H19Cl3F7N9O2S/c1-11(10-47-2)37-20(45)14-6-12(26)7-16(28)18(14)38-21(46)17-8-13(40-44(17)19-15(27)4-3-5-36-19)9-43-41-22(39-42-43)23(29,24(30,31)32)25(33,34)35/h3-8,11H,9-10H2,1-2H3,(H,37,45)(H,38,46)/t11-/m0/s1. The fourth-order valence-corrected chi connectivity index (χ4v) is 5.35. The third kappa shape index (κ3) is 7.57. The molecule has 4 aromatic rings. The summed E-state index contributed by atoms with van der Waals surface area (Å²) in [5.41, 5.74) is -6.76. The number of carbonyl (C=O) groups is 2. The van der Waals surface area contributed by atoms with Gasteiger partial charge in [-0.15, -0.1) is 10.2 Å². The Labute approximate surface area is 279 Å². The second-order valence-electron chi connectivity index (χ2n) is 9.63. The van der Waals surface area contributed by atoms with Crippen LogP contribution < -0.4 is 10.6 Å². The third-order valence-electron chi connectivity index (χ3n) is 6.11. The van der Waals surface area contributed by atoms with E-state index in [1.807, 2.05) is 6.26 Å². The minimum absolute atomic E-state index is 0.0256. The fraction of sp³-hybridized carbons (Fsp3) is 0.320. The maximum Gasteiger partial charge on any atom is 0.439 e. The van der Waals surface area contributed by atoms with Gasteiger partial charge in [-0.3, -0.25) is 9.59 Å². The van der Waals surface area contributed by atoms with Crippen LogP contribution in [-0.4, -0.2) is 77.2 Å². The number of aromatic nitrogens is 7. The van der Waals surface area contributed by atoms with Gasteiger partial charge in [-0.25, -0.2) is 14.1 Å². The first kappa shape index (κ1) is 36.2. The van der Waals surface area contributed by atoms with Crippen LogP contribution in [0, 0.1) is 0 Å². The molecule has 3 aromatic heterocycles. The van der Waals surface area contributed by atoms with Crippen LogP contribution in [0.15, 0.2) is 36.5 Å². The molecule has 0 bridgehead atoms. The SMILES string of the molecule is CSC[C@H](C)NC(=O)c1cc(Cl)cc(Cl)c1NC(=O)c1cc(Cn2nnc(C(F)(C(F)(F)F)C(F)(F)F)n2)nn1-c1ncccc1Cl. The molecule has 0 fully saturated rings. The summed E-state index contributed by atoms with van der Waals surface area (Å²) in [6.45, 7) is 0.960. The molecule has 0 aliphatic rings. The molecule has 0 aliphatic carbocycles. The lowest BCUT2D eigenvalue weighted by Crippen LogP contribution is -2.51. The van der Waals surface area contributed by atoms with E-state index < -0.39 is 42.2 Å². The summed E-state index contributed by atoms with van der Waals surface area (Å²) < 4.78 is 94.3. The minimum atomic E-state index is -6.46. The van der Waals surface area contributed by atoms with Crippen LogP contribution in [0.5, 0.6) is 0 Å². The molecular formula is C25H19Cl3F7N9O2S. The summed E-state index contributed by atoms with van der Waals surface area (Å²) in [6.07, 6.45) is -9.80. The van der Waals surface area contributed by atoms with Gasteiger partial charge in [0.25, 0.3) is 11.8 Å². The largest absolute Gasteiger partial charge is 0.439 e. The van der Waals surface area contributed by atoms with Crippen molar-refractivity contribution in [2.75, 3.05) is 17.3 Å². The van der Waals surface area contributed by atoms with Crippen molar-refractivity contribution in [1.82, 2.24) is 40.3 Å². The predicted molar refractivity (Wildman–Crippen MR) is 158 cm³/mol. The molecule has 0 radical (unpaired) electrons. The number of benzene rings is 1. The topological polar surface area (TPSA) is 133 Å². The summed E-state index contributed by atoms with van der Waals surface area (Å²) in [6, 6.07) is 6.14. The van der Waals surface area contributed by atoms with Gasteiger partial charge in [0.15, 0.2) is 5.82 Å². The van der Waals surface area contributed by atoms with Crippen LogP contribution in [0.3, 0.4) is 0 Å². The van der Waals surface area contributed by atoms with Gasteiger partial charge in [0.05, 0.1) is 27.0 Å². The van der Waals surface area contributed by atoms with Gasteiger partial charge in [-0.1, -0.05) is 34.8 Å². The molecule has 0 aliphatic heterocycles. The van der Waals surface area contributed by atoms with Gasteiger partial charge in [-0.05, 0) is 48.7 Å². The van der Waals surface area contributed by atoms with E-state index in [2.05, 4.69) is 36.1 Å². The zero-order valence-electron chi connectivity index (χ0n) is 23.6. The van der Waals surface area contributed by atoms with Gasteiger partial charge in [-0.2, -0.15) is 48.0 Å². The number of anilines is 1. The van der Waals surface area contributed by atoms with Gasteiger partial charge >= 0.3 is 18.0 Å². The molecule has 47 heavy (non-hydrogen) atoms. The Balaban J connectivity index is 1.74. The molecular weight excluding hydrogens is 730 g/mol. The maximum absolute atomic E-state index is 14.4. The van der Waals surface area contributed by atoms with Crippen molar-refractivity contribution < 1.29 is 40.3 Å². The number of thioether (sulfide) groups is 1. The zero-order valence-corrected chi connectivity index (χ0v) is 26.7. The van der Waals surface area contributed by atoms with Crippen molar-refractivity contribution in [1.29, 1.82) is 0 Å². The molecule has 4 rings (SSSR count). The van der Waals surface area contributed by atoms with Crippen molar-refractivity contribution in [2.45, 2.75) is 37.5 Å². The average Bonchev–Trinajstić information content (AvgIpc) is 3.60. The number of hydrogen-bond donors (Lipinski definition) is 2. The van der Waals surface area contributed by atoms with E-state index in [-0.39, 0.29) is 54.4 Å². The first-order chi connectivity index (χ1) is 21.9. The molecule has 1 aromatic carbocycles.